The highest BCUT2D eigenvalue weighted by Crippen LogP contribution is 2.40. The quantitative estimate of drug-likeness (QED) is 0.598. The summed E-state index contributed by atoms with van der Waals surface area (Å²) in [4.78, 5) is 7.05. The van der Waals surface area contributed by atoms with E-state index in [4.69, 9.17) is 18.7 Å². The highest BCUT2D eigenvalue weighted by atomic mass is 16.5. The first-order valence-corrected chi connectivity index (χ1v) is 9.67. The molecule has 2 heterocycles. The van der Waals surface area contributed by atoms with Crippen LogP contribution in [-0.4, -0.2) is 49.5 Å². The average molecular weight is 395 g/mol. The SMILES string of the molecule is COc1cc(-c2noc(-c3cccc(CN4CCCC4)c3)n2)cc(OC)c1OC. The second-order valence-electron chi connectivity index (χ2n) is 7.02. The van der Waals surface area contributed by atoms with Gasteiger partial charge in [0.2, 0.25) is 11.6 Å². The van der Waals surface area contributed by atoms with Crippen LogP contribution in [0, 0.1) is 0 Å². The molecule has 1 saturated heterocycles. The minimum atomic E-state index is 0.462. The van der Waals surface area contributed by atoms with Crippen molar-refractivity contribution in [2.75, 3.05) is 34.4 Å². The molecule has 0 bridgehead atoms. The van der Waals surface area contributed by atoms with Crippen LogP contribution in [0.25, 0.3) is 22.8 Å². The van der Waals surface area contributed by atoms with E-state index < -0.39 is 0 Å². The molecule has 0 unspecified atom stereocenters. The van der Waals surface area contributed by atoms with Crippen molar-refractivity contribution in [2.45, 2.75) is 19.4 Å². The van der Waals surface area contributed by atoms with Crippen molar-refractivity contribution >= 4 is 0 Å². The van der Waals surface area contributed by atoms with Gasteiger partial charge in [0.25, 0.3) is 5.89 Å². The topological polar surface area (TPSA) is 69.9 Å². The zero-order valence-electron chi connectivity index (χ0n) is 17.0. The Kier molecular flexibility index (Phi) is 5.67. The molecule has 4 rings (SSSR count). The number of ether oxygens (including phenoxy) is 3. The number of methoxy groups -OCH3 is 3. The largest absolute Gasteiger partial charge is 0.493 e. The van der Waals surface area contributed by atoms with Crippen molar-refractivity contribution < 1.29 is 18.7 Å². The molecule has 0 amide bonds. The van der Waals surface area contributed by atoms with Crippen LogP contribution >= 0.6 is 0 Å². The number of rotatable bonds is 7. The fourth-order valence-electron chi connectivity index (χ4n) is 3.67. The van der Waals surface area contributed by atoms with Gasteiger partial charge in [-0.15, -0.1) is 0 Å². The lowest BCUT2D eigenvalue weighted by atomic mass is 10.1. The Morgan fingerprint density at radius 3 is 2.31 bits per heavy atom. The fourth-order valence-corrected chi connectivity index (χ4v) is 3.67. The van der Waals surface area contributed by atoms with Gasteiger partial charge < -0.3 is 18.7 Å². The molecule has 1 aliphatic heterocycles. The van der Waals surface area contributed by atoms with Gasteiger partial charge in [-0.1, -0.05) is 17.3 Å². The molecule has 3 aromatic rings. The molecule has 7 heteroatoms. The van der Waals surface area contributed by atoms with Crippen molar-refractivity contribution in [3.8, 4) is 40.1 Å². The third-order valence-electron chi connectivity index (χ3n) is 5.13. The van der Waals surface area contributed by atoms with Gasteiger partial charge in [-0.05, 0) is 55.8 Å². The predicted molar refractivity (Wildman–Crippen MR) is 109 cm³/mol. The van der Waals surface area contributed by atoms with Gasteiger partial charge in [0, 0.05) is 17.7 Å². The summed E-state index contributed by atoms with van der Waals surface area (Å²) in [6.07, 6.45) is 2.56. The molecule has 2 aromatic carbocycles. The number of nitrogens with zero attached hydrogens (tertiary/aromatic N) is 3. The Bertz CT molecular complexity index is 955. The van der Waals surface area contributed by atoms with Crippen LogP contribution in [0.4, 0.5) is 0 Å². The average Bonchev–Trinajstić information content (AvgIpc) is 3.45. The van der Waals surface area contributed by atoms with E-state index in [9.17, 15) is 0 Å². The molecule has 0 atom stereocenters. The van der Waals surface area contributed by atoms with Crippen LogP contribution in [0.3, 0.4) is 0 Å². The Balaban J connectivity index is 1.62. The molecule has 1 aliphatic rings. The van der Waals surface area contributed by atoms with Crippen molar-refractivity contribution in [1.82, 2.24) is 15.0 Å². The summed E-state index contributed by atoms with van der Waals surface area (Å²) in [5, 5.41) is 4.15. The number of aromatic nitrogens is 2. The predicted octanol–water partition coefficient (Wildman–Crippen LogP) is 4.03. The summed E-state index contributed by atoms with van der Waals surface area (Å²) >= 11 is 0. The Hall–Kier alpha value is -3.06. The number of hydrogen-bond acceptors (Lipinski definition) is 7. The lowest BCUT2D eigenvalue weighted by Gasteiger charge is -2.14. The lowest BCUT2D eigenvalue weighted by molar-refractivity contribution is 0.324. The van der Waals surface area contributed by atoms with E-state index in [1.807, 2.05) is 12.1 Å². The maximum atomic E-state index is 5.55. The molecular formula is C22H25N3O4. The number of hydrogen-bond donors (Lipinski definition) is 0. The Morgan fingerprint density at radius 1 is 0.931 bits per heavy atom. The second kappa shape index (κ2) is 8.53. The van der Waals surface area contributed by atoms with Crippen LogP contribution in [0.15, 0.2) is 40.9 Å². The highest BCUT2D eigenvalue weighted by Gasteiger charge is 2.18. The standard InChI is InChI=1S/C22H25N3O4/c1-26-18-12-17(13-19(27-2)20(18)28-3)21-23-22(29-24-21)16-8-6-7-15(11-16)14-25-9-4-5-10-25/h6-8,11-13H,4-5,9-10,14H2,1-3H3. The third kappa shape index (κ3) is 4.05. The molecule has 0 N–H and O–H groups in total. The third-order valence-corrected chi connectivity index (χ3v) is 5.13. The minimum absolute atomic E-state index is 0.462. The first-order valence-electron chi connectivity index (χ1n) is 9.67. The zero-order chi connectivity index (χ0) is 20.2. The van der Waals surface area contributed by atoms with Crippen LogP contribution < -0.4 is 14.2 Å². The van der Waals surface area contributed by atoms with Crippen LogP contribution in [0.1, 0.15) is 18.4 Å². The van der Waals surface area contributed by atoms with Crippen molar-refractivity contribution in [3.05, 3.63) is 42.0 Å². The number of benzene rings is 2. The van der Waals surface area contributed by atoms with Crippen LogP contribution in [0.2, 0.25) is 0 Å². The summed E-state index contributed by atoms with van der Waals surface area (Å²) < 4.78 is 21.8. The normalized spacial score (nSPS) is 14.2. The van der Waals surface area contributed by atoms with Gasteiger partial charge in [0.15, 0.2) is 11.5 Å². The maximum absolute atomic E-state index is 5.55. The summed E-state index contributed by atoms with van der Waals surface area (Å²) in [6.45, 7) is 3.27. The van der Waals surface area contributed by atoms with Gasteiger partial charge in [0.1, 0.15) is 0 Å². The summed E-state index contributed by atoms with van der Waals surface area (Å²) in [5.41, 5.74) is 2.88. The zero-order valence-corrected chi connectivity index (χ0v) is 17.0. The molecule has 0 radical (unpaired) electrons. The monoisotopic (exact) mass is 395 g/mol. The Morgan fingerprint density at radius 2 is 1.66 bits per heavy atom. The van der Waals surface area contributed by atoms with Crippen molar-refractivity contribution in [3.63, 3.8) is 0 Å². The molecular weight excluding hydrogens is 370 g/mol. The molecule has 152 valence electrons. The molecule has 29 heavy (non-hydrogen) atoms. The first-order chi connectivity index (χ1) is 14.2. The van der Waals surface area contributed by atoms with Gasteiger partial charge in [0.05, 0.1) is 21.3 Å². The lowest BCUT2D eigenvalue weighted by Crippen LogP contribution is -2.18. The van der Waals surface area contributed by atoms with E-state index in [1.54, 1.807) is 33.5 Å². The maximum Gasteiger partial charge on any atom is 0.258 e. The molecule has 1 aromatic heterocycles. The first kappa shape index (κ1) is 19.3. The van der Waals surface area contributed by atoms with E-state index >= 15 is 0 Å². The molecule has 7 nitrogen and oxygen atoms in total. The summed E-state index contributed by atoms with van der Waals surface area (Å²) in [6, 6.07) is 11.9. The van der Waals surface area contributed by atoms with Gasteiger partial charge in [-0.2, -0.15) is 4.98 Å². The molecule has 0 saturated carbocycles. The van der Waals surface area contributed by atoms with Gasteiger partial charge in [-0.3, -0.25) is 4.90 Å². The van der Waals surface area contributed by atoms with E-state index in [-0.39, 0.29) is 0 Å². The van der Waals surface area contributed by atoms with Gasteiger partial charge >= 0.3 is 0 Å². The van der Waals surface area contributed by atoms with E-state index in [1.165, 1.54) is 18.4 Å². The fraction of sp³-hybridized carbons (Fsp3) is 0.364. The van der Waals surface area contributed by atoms with Crippen molar-refractivity contribution in [2.24, 2.45) is 0 Å². The van der Waals surface area contributed by atoms with Gasteiger partial charge in [-0.25, -0.2) is 0 Å². The smallest absolute Gasteiger partial charge is 0.258 e. The summed E-state index contributed by atoms with van der Waals surface area (Å²) in [5.74, 6) is 2.56. The van der Waals surface area contributed by atoms with Crippen LogP contribution in [0.5, 0.6) is 17.2 Å². The Labute approximate surface area is 170 Å². The number of likely N-dealkylation sites (tertiary alicyclic amines) is 1. The second-order valence-corrected chi connectivity index (χ2v) is 7.02. The molecule has 0 spiro atoms. The summed E-state index contributed by atoms with van der Waals surface area (Å²) in [7, 11) is 4.73. The highest BCUT2D eigenvalue weighted by molar-refractivity contribution is 5.67. The molecule has 0 aliphatic carbocycles. The van der Waals surface area contributed by atoms with E-state index in [2.05, 4.69) is 27.2 Å². The van der Waals surface area contributed by atoms with Crippen LogP contribution in [-0.2, 0) is 6.54 Å². The van der Waals surface area contributed by atoms with E-state index in [0.717, 1.165) is 30.8 Å². The minimum Gasteiger partial charge on any atom is -0.493 e. The van der Waals surface area contributed by atoms with Crippen molar-refractivity contribution in [1.29, 1.82) is 0 Å². The van der Waals surface area contributed by atoms with E-state index in [0.29, 0.717) is 29.0 Å². The molecule has 1 fully saturated rings.